The maximum absolute atomic E-state index is 12.4. The Labute approximate surface area is 170 Å². The summed E-state index contributed by atoms with van der Waals surface area (Å²) in [6, 6.07) is 11.8. The van der Waals surface area contributed by atoms with Gasteiger partial charge in [0.2, 0.25) is 15.9 Å². The van der Waals surface area contributed by atoms with Gasteiger partial charge in [-0.3, -0.25) is 9.69 Å². The molecule has 0 fully saturated rings. The third-order valence-corrected chi connectivity index (χ3v) is 5.87. The Bertz CT molecular complexity index is 988. The zero-order valence-electron chi connectivity index (χ0n) is 16.9. The number of methoxy groups -OCH3 is 1. The number of nitrogens with one attached hydrogen (secondary N) is 2. The van der Waals surface area contributed by atoms with Crippen molar-refractivity contribution in [1.29, 1.82) is 0 Å². The Kier molecular flexibility index (Phi) is 7.35. The lowest BCUT2D eigenvalue weighted by molar-refractivity contribution is -0.116. The van der Waals surface area contributed by atoms with Crippen molar-refractivity contribution in [2.24, 2.45) is 0 Å². The molecule has 29 heavy (non-hydrogen) atoms. The number of hydrogen-bond acceptors (Lipinski definition) is 5. The second kappa shape index (κ2) is 9.53. The van der Waals surface area contributed by atoms with Crippen LogP contribution in [0.15, 0.2) is 47.4 Å². The van der Waals surface area contributed by atoms with Gasteiger partial charge in [0.25, 0.3) is 0 Å². The number of aryl methyl sites for hydroxylation is 2. The molecule has 0 saturated carbocycles. The summed E-state index contributed by atoms with van der Waals surface area (Å²) in [6.45, 7) is 3.52. The maximum Gasteiger partial charge on any atom is 0.413 e. The quantitative estimate of drug-likeness (QED) is 0.718. The topological polar surface area (TPSA) is 105 Å². The van der Waals surface area contributed by atoms with Gasteiger partial charge in [0.1, 0.15) is 0 Å². The maximum atomic E-state index is 12.4. The largest absolute Gasteiger partial charge is 0.452 e. The first-order valence-electron chi connectivity index (χ1n) is 8.92. The van der Waals surface area contributed by atoms with E-state index >= 15 is 0 Å². The van der Waals surface area contributed by atoms with Gasteiger partial charge in [-0.05, 0) is 55.3 Å². The summed E-state index contributed by atoms with van der Waals surface area (Å²) in [5.41, 5.74) is 2.63. The molecule has 0 heterocycles. The van der Waals surface area contributed by atoms with Crippen LogP contribution in [0.25, 0.3) is 0 Å². The van der Waals surface area contributed by atoms with Gasteiger partial charge >= 0.3 is 6.09 Å². The van der Waals surface area contributed by atoms with Crippen LogP contribution in [-0.4, -0.2) is 41.1 Å². The molecule has 2 amide bonds. The summed E-state index contributed by atoms with van der Waals surface area (Å²) >= 11 is 0. The number of rotatable bonds is 7. The first kappa shape index (κ1) is 22.4. The molecule has 0 saturated heterocycles. The molecular weight excluding hydrogens is 394 g/mol. The van der Waals surface area contributed by atoms with Crippen LogP contribution in [0.2, 0.25) is 0 Å². The van der Waals surface area contributed by atoms with Gasteiger partial charge in [-0.2, -0.15) is 0 Å². The number of carbonyl (C=O) groups excluding carboxylic acids is 2. The van der Waals surface area contributed by atoms with E-state index in [2.05, 4.69) is 14.8 Å². The third-order valence-electron chi connectivity index (χ3n) is 4.26. The van der Waals surface area contributed by atoms with Crippen LogP contribution in [-0.2, 0) is 19.6 Å². The number of amides is 2. The monoisotopic (exact) mass is 419 g/mol. The molecule has 0 atom stereocenters. The van der Waals surface area contributed by atoms with Crippen LogP contribution < -0.4 is 14.9 Å². The Morgan fingerprint density at radius 2 is 1.72 bits per heavy atom. The lowest BCUT2D eigenvalue weighted by Gasteiger charge is -2.16. The molecular formula is C20H25N3O5S. The van der Waals surface area contributed by atoms with Gasteiger partial charge in [0, 0.05) is 31.4 Å². The Morgan fingerprint density at radius 3 is 2.34 bits per heavy atom. The standard InChI is InChI=1S/C20H25N3O5S/c1-14-5-6-15(2)18(13-14)29(26,27)21-12-11-19(24)22-16-7-9-17(10-8-16)23(3)20(25)28-4/h5-10,13,21H,11-12H2,1-4H3,(H,22,24). The SMILES string of the molecule is COC(=O)N(C)c1ccc(NC(=O)CCNS(=O)(=O)c2cc(C)ccc2C)cc1. The molecule has 156 valence electrons. The van der Waals surface area contributed by atoms with Crippen molar-refractivity contribution in [3.05, 3.63) is 53.6 Å². The minimum Gasteiger partial charge on any atom is -0.452 e. The predicted octanol–water partition coefficient (Wildman–Crippen LogP) is 2.81. The average Bonchev–Trinajstić information content (AvgIpc) is 2.69. The molecule has 2 N–H and O–H groups in total. The molecule has 0 aliphatic heterocycles. The summed E-state index contributed by atoms with van der Waals surface area (Å²) in [5.74, 6) is -0.331. The fourth-order valence-electron chi connectivity index (χ4n) is 2.61. The van der Waals surface area contributed by atoms with Crippen LogP contribution in [0.3, 0.4) is 0 Å². The average molecular weight is 420 g/mol. The molecule has 0 aliphatic rings. The van der Waals surface area contributed by atoms with Crippen molar-refractivity contribution >= 4 is 33.4 Å². The fourth-order valence-corrected chi connectivity index (χ4v) is 3.97. The molecule has 0 aromatic heterocycles. The number of sulfonamides is 1. The highest BCUT2D eigenvalue weighted by Gasteiger charge is 2.17. The predicted molar refractivity (Wildman–Crippen MR) is 112 cm³/mol. The number of ether oxygens (including phenoxy) is 1. The van der Waals surface area contributed by atoms with Gasteiger partial charge in [0.15, 0.2) is 0 Å². The number of nitrogens with zero attached hydrogens (tertiary/aromatic N) is 1. The normalized spacial score (nSPS) is 11.0. The molecule has 0 spiro atoms. The van der Waals surface area contributed by atoms with E-state index in [1.54, 1.807) is 50.4 Å². The third kappa shape index (κ3) is 6.03. The van der Waals surface area contributed by atoms with E-state index in [0.29, 0.717) is 16.9 Å². The highest BCUT2D eigenvalue weighted by atomic mass is 32.2. The fraction of sp³-hybridized carbons (Fsp3) is 0.300. The van der Waals surface area contributed by atoms with E-state index in [1.807, 2.05) is 13.0 Å². The summed E-state index contributed by atoms with van der Waals surface area (Å²) in [4.78, 5) is 25.1. The molecule has 2 rings (SSSR count). The van der Waals surface area contributed by atoms with E-state index in [1.165, 1.54) is 12.0 Å². The second-order valence-electron chi connectivity index (χ2n) is 6.54. The van der Waals surface area contributed by atoms with Crippen molar-refractivity contribution < 1.29 is 22.7 Å². The Balaban J connectivity index is 1.90. The van der Waals surface area contributed by atoms with Gasteiger partial charge in [0.05, 0.1) is 12.0 Å². The molecule has 0 aliphatic carbocycles. The number of carbonyl (C=O) groups is 2. The summed E-state index contributed by atoms with van der Waals surface area (Å²) in [5, 5.41) is 2.69. The van der Waals surface area contributed by atoms with Crippen molar-refractivity contribution in [1.82, 2.24) is 4.72 Å². The molecule has 2 aromatic carbocycles. The molecule has 0 radical (unpaired) electrons. The number of benzene rings is 2. The minimum atomic E-state index is -3.69. The first-order chi connectivity index (χ1) is 13.6. The van der Waals surface area contributed by atoms with Crippen molar-refractivity contribution in [3.63, 3.8) is 0 Å². The van der Waals surface area contributed by atoms with Crippen molar-refractivity contribution in [2.75, 3.05) is 30.9 Å². The lowest BCUT2D eigenvalue weighted by atomic mass is 10.2. The first-order valence-corrected chi connectivity index (χ1v) is 10.4. The highest BCUT2D eigenvalue weighted by Crippen LogP contribution is 2.18. The zero-order valence-corrected chi connectivity index (χ0v) is 17.7. The van der Waals surface area contributed by atoms with Crippen molar-refractivity contribution in [2.45, 2.75) is 25.2 Å². The summed E-state index contributed by atoms with van der Waals surface area (Å²) in [7, 11) is -0.823. The molecule has 0 bridgehead atoms. The summed E-state index contributed by atoms with van der Waals surface area (Å²) < 4.78 is 32.0. The van der Waals surface area contributed by atoms with Crippen LogP contribution >= 0.6 is 0 Å². The van der Waals surface area contributed by atoms with Gasteiger partial charge in [-0.15, -0.1) is 0 Å². The van der Waals surface area contributed by atoms with Crippen LogP contribution in [0.4, 0.5) is 16.2 Å². The van der Waals surface area contributed by atoms with E-state index in [4.69, 9.17) is 0 Å². The van der Waals surface area contributed by atoms with E-state index in [-0.39, 0.29) is 23.8 Å². The van der Waals surface area contributed by atoms with Crippen LogP contribution in [0, 0.1) is 13.8 Å². The lowest BCUT2D eigenvalue weighted by Crippen LogP contribution is -2.28. The minimum absolute atomic E-state index is 0.0199. The molecule has 8 nitrogen and oxygen atoms in total. The van der Waals surface area contributed by atoms with Crippen molar-refractivity contribution in [3.8, 4) is 0 Å². The van der Waals surface area contributed by atoms with E-state index in [9.17, 15) is 18.0 Å². The van der Waals surface area contributed by atoms with Crippen LogP contribution in [0.5, 0.6) is 0 Å². The van der Waals surface area contributed by atoms with Gasteiger partial charge in [-0.25, -0.2) is 17.9 Å². The number of hydrogen-bond donors (Lipinski definition) is 2. The second-order valence-corrected chi connectivity index (χ2v) is 8.28. The highest BCUT2D eigenvalue weighted by molar-refractivity contribution is 7.89. The summed E-state index contributed by atoms with van der Waals surface area (Å²) in [6.07, 6.45) is -0.522. The van der Waals surface area contributed by atoms with Gasteiger partial charge < -0.3 is 10.1 Å². The molecule has 2 aromatic rings. The Morgan fingerprint density at radius 1 is 1.07 bits per heavy atom. The Hall–Kier alpha value is -2.91. The zero-order chi connectivity index (χ0) is 21.6. The smallest absolute Gasteiger partial charge is 0.413 e. The van der Waals surface area contributed by atoms with E-state index in [0.717, 1.165) is 5.56 Å². The van der Waals surface area contributed by atoms with Gasteiger partial charge in [-0.1, -0.05) is 12.1 Å². The van der Waals surface area contributed by atoms with E-state index < -0.39 is 16.1 Å². The molecule has 0 unspecified atom stereocenters. The molecule has 9 heteroatoms. The van der Waals surface area contributed by atoms with Crippen LogP contribution in [0.1, 0.15) is 17.5 Å². The number of anilines is 2.